The Labute approximate surface area is 117 Å². The number of likely N-dealkylation sites (N-methyl/N-ethyl adjacent to an activating group) is 2. The van der Waals surface area contributed by atoms with E-state index in [0.717, 1.165) is 19.6 Å². The fourth-order valence-electron chi connectivity index (χ4n) is 3.41. The Morgan fingerprint density at radius 3 is 2.47 bits per heavy atom. The molecule has 1 saturated heterocycles. The van der Waals surface area contributed by atoms with Gasteiger partial charge in [0.25, 0.3) is 0 Å². The third-order valence-corrected chi connectivity index (χ3v) is 4.81. The van der Waals surface area contributed by atoms with Gasteiger partial charge in [0.1, 0.15) is 0 Å². The van der Waals surface area contributed by atoms with E-state index in [1.54, 1.807) is 0 Å². The van der Waals surface area contributed by atoms with E-state index in [1.165, 1.54) is 38.5 Å². The van der Waals surface area contributed by atoms with E-state index in [1.807, 2.05) is 11.9 Å². The molecule has 1 saturated carbocycles. The van der Waals surface area contributed by atoms with Crippen molar-refractivity contribution in [1.29, 1.82) is 0 Å². The summed E-state index contributed by atoms with van der Waals surface area (Å²) in [5, 5.41) is 3.39. The Kier molecular flexibility index (Phi) is 5.64. The van der Waals surface area contributed by atoms with Crippen molar-refractivity contribution in [2.45, 2.75) is 57.5 Å². The second kappa shape index (κ2) is 7.25. The molecule has 1 unspecified atom stereocenters. The lowest BCUT2D eigenvalue weighted by Crippen LogP contribution is -2.47. The Morgan fingerprint density at radius 2 is 1.89 bits per heavy atom. The van der Waals surface area contributed by atoms with E-state index in [2.05, 4.69) is 17.1 Å². The molecule has 0 aromatic carbocycles. The third-order valence-electron chi connectivity index (χ3n) is 4.81. The molecule has 1 N–H and O–H groups in total. The molecule has 1 heterocycles. The van der Waals surface area contributed by atoms with Crippen LogP contribution in [0, 0.1) is 0 Å². The topological polar surface area (TPSA) is 35.6 Å². The molecule has 4 nitrogen and oxygen atoms in total. The second-order valence-electron chi connectivity index (χ2n) is 6.01. The van der Waals surface area contributed by atoms with Gasteiger partial charge in [0, 0.05) is 25.7 Å². The van der Waals surface area contributed by atoms with Crippen LogP contribution in [0.25, 0.3) is 0 Å². The maximum Gasteiger partial charge on any atom is 0.236 e. The average molecular weight is 267 g/mol. The normalized spacial score (nSPS) is 24.9. The van der Waals surface area contributed by atoms with Crippen LogP contribution < -0.4 is 5.32 Å². The summed E-state index contributed by atoms with van der Waals surface area (Å²) in [6.45, 7) is 5.85. The Hall–Kier alpha value is -0.610. The van der Waals surface area contributed by atoms with Crippen molar-refractivity contribution in [2.24, 2.45) is 0 Å². The Balaban J connectivity index is 1.83. The minimum atomic E-state index is 0.306. The maximum absolute atomic E-state index is 12.4. The first kappa shape index (κ1) is 14.8. The van der Waals surface area contributed by atoms with Gasteiger partial charge >= 0.3 is 0 Å². The number of nitrogens with one attached hydrogen (secondary N) is 1. The van der Waals surface area contributed by atoms with Gasteiger partial charge in [-0.05, 0) is 32.4 Å². The van der Waals surface area contributed by atoms with Crippen LogP contribution in [0.2, 0.25) is 0 Å². The summed E-state index contributed by atoms with van der Waals surface area (Å²) in [5.74, 6) is 0.306. The van der Waals surface area contributed by atoms with Crippen LogP contribution in [0.3, 0.4) is 0 Å². The van der Waals surface area contributed by atoms with Crippen molar-refractivity contribution in [3.05, 3.63) is 0 Å². The molecule has 1 amide bonds. The van der Waals surface area contributed by atoms with Gasteiger partial charge in [0.05, 0.1) is 6.54 Å². The van der Waals surface area contributed by atoms with E-state index >= 15 is 0 Å². The number of hydrogen-bond donors (Lipinski definition) is 1. The molecule has 0 radical (unpaired) electrons. The fourth-order valence-corrected chi connectivity index (χ4v) is 3.41. The van der Waals surface area contributed by atoms with Gasteiger partial charge in [-0.1, -0.05) is 26.2 Å². The molecule has 19 heavy (non-hydrogen) atoms. The molecule has 1 atom stereocenters. The monoisotopic (exact) mass is 267 g/mol. The lowest BCUT2D eigenvalue weighted by atomic mass is 9.94. The predicted molar refractivity (Wildman–Crippen MR) is 78.2 cm³/mol. The Bertz CT molecular complexity index is 283. The van der Waals surface area contributed by atoms with Gasteiger partial charge in [-0.3, -0.25) is 9.69 Å². The van der Waals surface area contributed by atoms with Gasteiger partial charge in [-0.2, -0.15) is 0 Å². The van der Waals surface area contributed by atoms with Crippen molar-refractivity contribution >= 4 is 5.91 Å². The lowest BCUT2D eigenvalue weighted by Gasteiger charge is -2.34. The van der Waals surface area contributed by atoms with E-state index < -0.39 is 0 Å². The first-order valence-corrected chi connectivity index (χ1v) is 7.92. The molecular formula is C15H29N3O. The maximum atomic E-state index is 12.4. The largest absolute Gasteiger partial charge is 0.342 e. The highest BCUT2D eigenvalue weighted by atomic mass is 16.2. The van der Waals surface area contributed by atoms with Crippen LogP contribution in [0.15, 0.2) is 0 Å². The van der Waals surface area contributed by atoms with E-state index in [0.29, 0.717) is 24.5 Å². The number of amides is 1. The van der Waals surface area contributed by atoms with E-state index in [-0.39, 0.29) is 0 Å². The summed E-state index contributed by atoms with van der Waals surface area (Å²) in [5.41, 5.74) is 0. The third kappa shape index (κ3) is 3.93. The second-order valence-corrected chi connectivity index (χ2v) is 6.01. The van der Waals surface area contributed by atoms with Gasteiger partial charge < -0.3 is 10.2 Å². The molecule has 0 aromatic heterocycles. The molecule has 0 spiro atoms. The lowest BCUT2D eigenvalue weighted by molar-refractivity contribution is -0.134. The number of hydrogen-bond acceptors (Lipinski definition) is 3. The SMILES string of the molecule is CCN(CC(=O)N(C)C1CCCCC1)C1CCNC1. The number of carbonyl (C=O) groups is 1. The molecule has 0 bridgehead atoms. The van der Waals surface area contributed by atoms with Crippen LogP contribution in [-0.4, -0.2) is 61.0 Å². The van der Waals surface area contributed by atoms with Gasteiger partial charge in [0.15, 0.2) is 0 Å². The zero-order chi connectivity index (χ0) is 13.7. The van der Waals surface area contributed by atoms with Crippen LogP contribution in [0.1, 0.15) is 45.4 Å². The van der Waals surface area contributed by atoms with Crippen LogP contribution in [0.4, 0.5) is 0 Å². The van der Waals surface area contributed by atoms with Crippen LogP contribution in [-0.2, 0) is 4.79 Å². The van der Waals surface area contributed by atoms with Crippen molar-refractivity contribution in [3.8, 4) is 0 Å². The van der Waals surface area contributed by atoms with Crippen molar-refractivity contribution in [1.82, 2.24) is 15.1 Å². The van der Waals surface area contributed by atoms with Gasteiger partial charge in [-0.15, -0.1) is 0 Å². The summed E-state index contributed by atoms with van der Waals surface area (Å²) in [6, 6.07) is 1.04. The van der Waals surface area contributed by atoms with Gasteiger partial charge in [-0.25, -0.2) is 0 Å². The van der Waals surface area contributed by atoms with Crippen molar-refractivity contribution in [2.75, 3.05) is 33.2 Å². The first-order chi connectivity index (χ1) is 9.22. The predicted octanol–water partition coefficient (Wildman–Crippen LogP) is 1.46. The van der Waals surface area contributed by atoms with Crippen LogP contribution in [0.5, 0.6) is 0 Å². The zero-order valence-corrected chi connectivity index (χ0v) is 12.5. The zero-order valence-electron chi connectivity index (χ0n) is 12.5. The minimum absolute atomic E-state index is 0.306. The highest BCUT2D eigenvalue weighted by molar-refractivity contribution is 5.78. The molecule has 2 rings (SSSR count). The number of carbonyl (C=O) groups excluding carboxylic acids is 1. The average Bonchev–Trinajstić information content (AvgIpc) is 2.98. The highest BCUT2D eigenvalue weighted by Crippen LogP contribution is 2.22. The Morgan fingerprint density at radius 1 is 1.16 bits per heavy atom. The summed E-state index contributed by atoms with van der Waals surface area (Å²) in [7, 11) is 2.00. The van der Waals surface area contributed by atoms with Crippen molar-refractivity contribution < 1.29 is 4.79 Å². The first-order valence-electron chi connectivity index (χ1n) is 7.92. The fraction of sp³-hybridized carbons (Fsp3) is 0.933. The summed E-state index contributed by atoms with van der Waals surface area (Å²) < 4.78 is 0. The van der Waals surface area contributed by atoms with Crippen molar-refractivity contribution in [3.63, 3.8) is 0 Å². The quantitative estimate of drug-likeness (QED) is 0.819. The molecule has 0 aromatic rings. The van der Waals surface area contributed by atoms with Crippen LogP contribution >= 0.6 is 0 Å². The molecule has 2 aliphatic rings. The molecular weight excluding hydrogens is 238 g/mol. The summed E-state index contributed by atoms with van der Waals surface area (Å²) in [4.78, 5) is 16.8. The molecule has 1 aliphatic heterocycles. The van der Waals surface area contributed by atoms with E-state index in [4.69, 9.17) is 0 Å². The molecule has 4 heteroatoms. The standard InChI is InChI=1S/C15H29N3O/c1-3-18(14-9-10-16-11-14)12-15(19)17(2)13-7-5-4-6-8-13/h13-14,16H,3-12H2,1-2H3. The van der Waals surface area contributed by atoms with Gasteiger partial charge in [0.2, 0.25) is 5.91 Å². The summed E-state index contributed by atoms with van der Waals surface area (Å²) in [6.07, 6.45) is 7.47. The highest BCUT2D eigenvalue weighted by Gasteiger charge is 2.27. The number of rotatable bonds is 5. The molecule has 2 fully saturated rings. The summed E-state index contributed by atoms with van der Waals surface area (Å²) >= 11 is 0. The minimum Gasteiger partial charge on any atom is -0.342 e. The molecule has 110 valence electrons. The van der Waals surface area contributed by atoms with E-state index in [9.17, 15) is 4.79 Å². The smallest absolute Gasteiger partial charge is 0.236 e. The molecule has 1 aliphatic carbocycles. The number of nitrogens with zero attached hydrogens (tertiary/aromatic N) is 2.